The van der Waals surface area contributed by atoms with Crippen LogP contribution < -0.4 is 10.6 Å². The fourth-order valence-electron chi connectivity index (χ4n) is 5.19. The van der Waals surface area contributed by atoms with E-state index in [1.165, 1.54) is 0 Å². The van der Waals surface area contributed by atoms with Crippen LogP contribution in [0.3, 0.4) is 0 Å². The van der Waals surface area contributed by atoms with Gasteiger partial charge in [0.2, 0.25) is 5.91 Å². The molecule has 6 rings (SSSR count). The van der Waals surface area contributed by atoms with Crippen LogP contribution in [0.5, 0.6) is 0 Å². The number of fused-ring (bicyclic) bond motifs is 2. The zero-order valence-electron chi connectivity index (χ0n) is 20.4. The molecule has 186 valence electrons. The van der Waals surface area contributed by atoms with Crippen molar-refractivity contribution < 1.29 is 14.3 Å². The third-order valence-corrected chi connectivity index (χ3v) is 7.38. The van der Waals surface area contributed by atoms with Crippen molar-refractivity contribution in [1.29, 1.82) is 0 Å². The molecule has 0 aromatic carbocycles. The van der Waals surface area contributed by atoms with Crippen LogP contribution in [-0.2, 0) is 9.53 Å². The second kappa shape index (κ2) is 8.59. The number of aromatic nitrogens is 5. The number of carbonyl (C=O) groups is 2. The molecule has 2 fully saturated rings. The largest absolute Gasteiger partial charge is 0.379 e. The summed E-state index contributed by atoms with van der Waals surface area (Å²) in [6.07, 6.45) is 7.60. The van der Waals surface area contributed by atoms with Crippen molar-refractivity contribution in [3.05, 3.63) is 42.4 Å². The topological polar surface area (TPSA) is 119 Å². The Kier molecular flexibility index (Phi) is 5.36. The van der Waals surface area contributed by atoms with Gasteiger partial charge in [-0.05, 0) is 25.0 Å². The van der Waals surface area contributed by atoms with Crippen molar-refractivity contribution in [2.75, 3.05) is 33.1 Å². The normalized spacial score (nSPS) is 21.8. The van der Waals surface area contributed by atoms with Crippen LogP contribution in [0.15, 0.2) is 36.8 Å². The lowest BCUT2D eigenvalue weighted by Gasteiger charge is -2.35. The number of rotatable bonds is 6. The van der Waals surface area contributed by atoms with Gasteiger partial charge in [-0.2, -0.15) is 9.61 Å². The second-order valence-corrected chi connectivity index (χ2v) is 9.46. The number of amides is 2. The summed E-state index contributed by atoms with van der Waals surface area (Å²) < 4.78 is 9.13. The molecule has 1 aliphatic heterocycles. The van der Waals surface area contributed by atoms with Gasteiger partial charge < -0.3 is 24.8 Å². The summed E-state index contributed by atoms with van der Waals surface area (Å²) in [5, 5.41) is 11.6. The zero-order chi connectivity index (χ0) is 25.0. The Balaban J connectivity index is 1.44. The molecular weight excluding hydrogens is 460 g/mol. The molecule has 1 saturated carbocycles. The van der Waals surface area contributed by atoms with E-state index in [1.54, 1.807) is 28.9 Å². The summed E-state index contributed by atoms with van der Waals surface area (Å²) in [4.78, 5) is 36.6. The van der Waals surface area contributed by atoms with Gasteiger partial charge in [-0.15, -0.1) is 0 Å². The van der Waals surface area contributed by atoms with Gasteiger partial charge in [0.1, 0.15) is 17.0 Å². The third kappa shape index (κ3) is 3.49. The van der Waals surface area contributed by atoms with Crippen molar-refractivity contribution in [3.8, 4) is 11.3 Å². The molecule has 1 saturated heterocycles. The number of nitrogens with zero attached hydrogens (tertiary/aromatic N) is 6. The Morgan fingerprint density at radius 2 is 2.11 bits per heavy atom. The van der Waals surface area contributed by atoms with Gasteiger partial charge in [0.15, 0.2) is 5.65 Å². The van der Waals surface area contributed by atoms with Crippen molar-refractivity contribution in [1.82, 2.24) is 34.4 Å². The Morgan fingerprint density at radius 3 is 2.81 bits per heavy atom. The molecule has 5 heterocycles. The molecule has 4 aromatic rings. The molecule has 3 atom stereocenters. The van der Waals surface area contributed by atoms with E-state index in [-0.39, 0.29) is 30.0 Å². The van der Waals surface area contributed by atoms with E-state index in [4.69, 9.17) is 9.72 Å². The van der Waals surface area contributed by atoms with Crippen molar-refractivity contribution >= 4 is 34.3 Å². The summed E-state index contributed by atoms with van der Waals surface area (Å²) in [6, 6.07) is 5.79. The quantitative estimate of drug-likeness (QED) is 0.427. The Morgan fingerprint density at radius 1 is 1.25 bits per heavy atom. The number of ether oxygens (including phenoxy) is 1. The van der Waals surface area contributed by atoms with Crippen LogP contribution in [0, 0.1) is 0 Å². The number of likely N-dealkylation sites (tertiary alicyclic amines) is 1. The lowest BCUT2D eigenvalue weighted by molar-refractivity contribution is -0.126. The summed E-state index contributed by atoms with van der Waals surface area (Å²) in [6.45, 7) is 0.628. The number of pyridine rings is 1. The highest BCUT2D eigenvalue weighted by Gasteiger charge is 2.33. The van der Waals surface area contributed by atoms with Gasteiger partial charge in [-0.3, -0.25) is 9.59 Å². The summed E-state index contributed by atoms with van der Waals surface area (Å²) in [5.74, 6) is 0.599. The first-order chi connectivity index (χ1) is 17.5. The van der Waals surface area contributed by atoms with Crippen LogP contribution in [0.2, 0.25) is 0 Å². The number of likely N-dealkylation sites (N-methyl/N-ethyl adjacent to an activating group) is 1. The maximum atomic E-state index is 13.2. The summed E-state index contributed by atoms with van der Waals surface area (Å²) >= 11 is 0. The number of anilines is 1. The van der Waals surface area contributed by atoms with E-state index in [1.807, 2.05) is 38.5 Å². The highest BCUT2D eigenvalue weighted by atomic mass is 16.5. The van der Waals surface area contributed by atoms with Gasteiger partial charge in [0, 0.05) is 63.6 Å². The molecule has 1 aliphatic carbocycles. The molecule has 2 N–H and O–H groups in total. The minimum Gasteiger partial charge on any atom is -0.379 e. The van der Waals surface area contributed by atoms with Crippen molar-refractivity contribution in [3.63, 3.8) is 0 Å². The molecule has 0 spiro atoms. The molecule has 36 heavy (non-hydrogen) atoms. The van der Waals surface area contributed by atoms with E-state index in [2.05, 4.69) is 25.3 Å². The molecular formula is C25H28N8O3. The number of hydrogen-bond donors (Lipinski definition) is 2. The molecule has 4 aromatic heterocycles. The predicted molar refractivity (Wildman–Crippen MR) is 134 cm³/mol. The van der Waals surface area contributed by atoms with E-state index < -0.39 is 0 Å². The molecule has 0 unspecified atom stereocenters. The lowest BCUT2D eigenvalue weighted by atomic mass is 9.89. The molecule has 2 aliphatic rings. The van der Waals surface area contributed by atoms with Gasteiger partial charge in [-0.1, -0.05) is 0 Å². The maximum Gasteiger partial charge on any atom is 0.257 e. The average molecular weight is 489 g/mol. The summed E-state index contributed by atoms with van der Waals surface area (Å²) in [7, 11) is 5.29. The number of hydrogen-bond acceptors (Lipinski definition) is 7. The molecule has 2 amide bonds. The average Bonchev–Trinajstić information content (AvgIpc) is 3.56. The van der Waals surface area contributed by atoms with Gasteiger partial charge in [0.25, 0.3) is 5.91 Å². The third-order valence-electron chi connectivity index (χ3n) is 7.38. The minimum absolute atomic E-state index is 0.00587. The molecule has 0 bridgehead atoms. The first kappa shape index (κ1) is 22.5. The zero-order valence-corrected chi connectivity index (χ0v) is 20.4. The first-order valence-corrected chi connectivity index (χ1v) is 12.1. The van der Waals surface area contributed by atoms with Crippen LogP contribution in [0.4, 0.5) is 5.82 Å². The number of carbonyl (C=O) groups excluding carboxylic acids is 2. The van der Waals surface area contributed by atoms with Gasteiger partial charge >= 0.3 is 0 Å². The smallest absolute Gasteiger partial charge is 0.257 e. The molecule has 11 nitrogen and oxygen atoms in total. The van der Waals surface area contributed by atoms with Gasteiger partial charge in [-0.25, -0.2) is 9.97 Å². The highest BCUT2D eigenvalue weighted by Crippen LogP contribution is 2.35. The summed E-state index contributed by atoms with van der Waals surface area (Å²) in [5.41, 5.74) is 3.23. The predicted octanol–water partition coefficient (Wildman–Crippen LogP) is 2.10. The monoisotopic (exact) mass is 488 g/mol. The molecule has 0 radical (unpaired) electrons. The van der Waals surface area contributed by atoms with Crippen LogP contribution in [-0.4, -0.2) is 80.8 Å². The Bertz CT molecular complexity index is 1490. The van der Waals surface area contributed by atoms with Crippen LogP contribution >= 0.6 is 0 Å². The Labute approximate surface area is 207 Å². The van der Waals surface area contributed by atoms with Crippen LogP contribution in [0.1, 0.15) is 35.7 Å². The van der Waals surface area contributed by atoms with Gasteiger partial charge in [0.05, 0.1) is 30.1 Å². The minimum atomic E-state index is -0.222. The van der Waals surface area contributed by atoms with E-state index in [9.17, 15) is 9.59 Å². The number of nitrogens with one attached hydrogen (secondary N) is 2. The lowest BCUT2D eigenvalue weighted by Crippen LogP contribution is -2.51. The van der Waals surface area contributed by atoms with Crippen molar-refractivity contribution in [2.24, 2.45) is 0 Å². The van der Waals surface area contributed by atoms with Crippen molar-refractivity contribution in [2.45, 2.75) is 37.5 Å². The van der Waals surface area contributed by atoms with E-state index >= 15 is 0 Å². The van der Waals surface area contributed by atoms with Crippen LogP contribution in [0.25, 0.3) is 27.9 Å². The van der Waals surface area contributed by atoms with E-state index in [0.29, 0.717) is 35.7 Å². The van der Waals surface area contributed by atoms with E-state index in [0.717, 1.165) is 29.4 Å². The SMILES string of the molecule is CNc1cc(-c2cn([C@H]3CC(=O)N(C)C3)c3ncccc23)nc2c(C(=O)N[C@@H]3CC[C@H]3OC)cnn12. The fraction of sp³-hybridized carbons (Fsp3) is 0.400. The number of methoxy groups -OCH3 is 1. The fourth-order valence-corrected chi connectivity index (χ4v) is 5.19. The Hall–Kier alpha value is -3.99. The standard InChI is InChI=1S/C25H28N8O3/c1-26-21-10-19(29-24-16(11-28-33(21)24)25(35)30-18-6-7-20(18)36-3)17-13-32(14-9-22(34)31(2)12-14)23-15(17)5-4-8-27-23/h4-5,8,10-11,13-14,18,20,26H,6-7,9,12H2,1-3H3,(H,30,35)/t14-,18+,20+/m0/s1. The first-order valence-electron chi connectivity index (χ1n) is 12.1. The highest BCUT2D eigenvalue weighted by molar-refractivity contribution is 6.01. The maximum absolute atomic E-state index is 13.2. The second-order valence-electron chi connectivity index (χ2n) is 9.46. The molecule has 11 heteroatoms.